The molecule has 0 heterocycles. The molecule has 0 fully saturated rings. The predicted molar refractivity (Wildman–Crippen MR) is 112 cm³/mol. The summed E-state index contributed by atoms with van der Waals surface area (Å²) in [6, 6.07) is 12.2. The van der Waals surface area contributed by atoms with Gasteiger partial charge in [0.1, 0.15) is 5.60 Å². The lowest BCUT2D eigenvalue weighted by molar-refractivity contribution is 0.00694. The first-order valence-electron chi connectivity index (χ1n) is 9.06. The van der Waals surface area contributed by atoms with E-state index in [2.05, 4.69) is 0 Å². The fraction of sp³-hybridized carbons (Fsp3) is 0.364. The second-order valence-corrected chi connectivity index (χ2v) is 8.19. The number of rotatable bonds is 6. The number of likely N-dealkylation sites (N-methyl/N-ethyl adjacent to an activating group) is 1. The second kappa shape index (κ2) is 8.65. The van der Waals surface area contributed by atoms with Crippen LogP contribution in [0.5, 0.6) is 0 Å². The van der Waals surface area contributed by atoms with Crippen molar-refractivity contribution in [2.75, 3.05) is 18.5 Å². The highest BCUT2D eigenvalue weighted by atomic mass is 35.5. The largest absolute Gasteiger partial charge is 0.478 e. The summed E-state index contributed by atoms with van der Waals surface area (Å²) in [7, 11) is 1.84. The van der Waals surface area contributed by atoms with Crippen LogP contribution in [0.4, 0.5) is 5.69 Å². The molecular weight excluding hydrogens is 378 g/mol. The Labute approximate surface area is 170 Å². The first kappa shape index (κ1) is 21.8. The van der Waals surface area contributed by atoms with Gasteiger partial charge < -0.3 is 14.7 Å². The molecule has 0 aliphatic heterocycles. The summed E-state index contributed by atoms with van der Waals surface area (Å²) in [6.07, 6.45) is 0. The van der Waals surface area contributed by atoms with Crippen molar-refractivity contribution in [1.82, 2.24) is 0 Å². The smallest absolute Gasteiger partial charge is 0.340 e. The zero-order chi connectivity index (χ0) is 21.1. The number of para-hydroxylation sites is 1. The van der Waals surface area contributed by atoms with Gasteiger partial charge in [-0.25, -0.2) is 9.59 Å². The van der Waals surface area contributed by atoms with Crippen LogP contribution in [0.3, 0.4) is 0 Å². The Balaban J connectivity index is 2.26. The Bertz CT molecular complexity index is 873. The number of benzene rings is 2. The van der Waals surface area contributed by atoms with Gasteiger partial charge in [0.15, 0.2) is 0 Å². The average Bonchev–Trinajstić information content (AvgIpc) is 2.60. The van der Waals surface area contributed by atoms with Crippen molar-refractivity contribution in [2.24, 2.45) is 0 Å². The minimum atomic E-state index is -0.972. The Morgan fingerprint density at radius 2 is 1.71 bits per heavy atom. The number of aromatic carboxylic acids is 1. The normalized spacial score (nSPS) is 12.4. The van der Waals surface area contributed by atoms with Gasteiger partial charge in [0.05, 0.1) is 21.8 Å². The van der Waals surface area contributed by atoms with Crippen LogP contribution in [0, 0.1) is 0 Å². The van der Waals surface area contributed by atoms with Crippen LogP contribution >= 0.6 is 11.6 Å². The van der Waals surface area contributed by atoms with E-state index in [1.165, 1.54) is 0 Å². The van der Waals surface area contributed by atoms with Crippen LogP contribution in [0.25, 0.3) is 0 Å². The molecule has 0 spiro atoms. The van der Waals surface area contributed by atoms with Crippen LogP contribution in [0.2, 0.25) is 5.02 Å². The van der Waals surface area contributed by atoms with E-state index in [0.29, 0.717) is 22.8 Å². The van der Waals surface area contributed by atoms with Crippen LogP contribution < -0.4 is 4.90 Å². The molecule has 6 heteroatoms. The van der Waals surface area contributed by atoms with E-state index in [4.69, 9.17) is 16.3 Å². The molecule has 150 valence electrons. The molecule has 0 radical (unpaired) electrons. The van der Waals surface area contributed by atoms with Crippen molar-refractivity contribution in [3.05, 3.63) is 64.2 Å². The lowest BCUT2D eigenvalue weighted by Crippen LogP contribution is -2.26. The Morgan fingerprint density at radius 1 is 1.11 bits per heavy atom. The summed E-state index contributed by atoms with van der Waals surface area (Å²) in [5.41, 5.74) is 1.40. The number of hydrogen-bond donors (Lipinski definition) is 1. The fourth-order valence-electron chi connectivity index (χ4n) is 3.02. The third-order valence-electron chi connectivity index (χ3n) is 4.27. The van der Waals surface area contributed by atoms with Gasteiger partial charge in [-0.2, -0.15) is 0 Å². The van der Waals surface area contributed by atoms with E-state index in [9.17, 15) is 14.7 Å². The van der Waals surface area contributed by atoms with E-state index in [-0.39, 0.29) is 11.5 Å². The molecule has 0 bridgehead atoms. The number of anilines is 1. The lowest BCUT2D eigenvalue weighted by Gasteiger charge is -2.26. The number of carboxylic acids is 1. The van der Waals surface area contributed by atoms with Crippen LogP contribution in [0.1, 0.15) is 59.9 Å². The van der Waals surface area contributed by atoms with Gasteiger partial charge >= 0.3 is 11.9 Å². The van der Waals surface area contributed by atoms with Crippen molar-refractivity contribution in [3.8, 4) is 0 Å². The van der Waals surface area contributed by atoms with Crippen molar-refractivity contribution >= 4 is 29.2 Å². The summed E-state index contributed by atoms with van der Waals surface area (Å²) >= 11 is 6.53. The molecule has 1 N–H and O–H groups in total. The molecule has 2 aromatic carbocycles. The maximum atomic E-state index is 12.4. The van der Waals surface area contributed by atoms with Gasteiger partial charge in [-0.15, -0.1) is 0 Å². The Morgan fingerprint density at radius 3 is 2.32 bits per heavy atom. The topological polar surface area (TPSA) is 66.8 Å². The molecule has 2 aromatic rings. The molecule has 0 saturated carbocycles. The molecule has 5 nitrogen and oxygen atoms in total. The molecule has 0 aromatic heterocycles. The van der Waals surface area contributed by atoms with E-state index in [0.717, 1.165) is 5.56 Å². The minimum absolute atomic E-state index is 0.0401. The number of carboxylic acid groups (broad SMARTS) is 1. The monoisotopic (exact) mass is 403 g/mol. The number of carbonyl (C=O) groups is 2. The standard InChI is InChI=1S/C22H26ClNO4/c1-14(13-24(5)18-12-7-6-9-16(18)20(25)26)15-10-8-11-17(19(15)23)21(27)28-22(2,3)4/h6-12,14H,13H2,1-5H3,(H,25,26). The van der Waals surface area contributed by atoms with Crippen molar-refractivity contribution in [1.29, 1.82) is 0 Å². The van der Waals surface area contributed by atoms with Gasteiger partial charge in [-0.1, -0.05) is 42.8 Å². The van der Waals surface area contributed by atoms with Crippen LogP contribution in [-0.4, -0.2) is 36.2 Å². The Hall–Kier alpha value is -2.53. The summed E-state index contributed by atoms with van der Waals surface area (Å²) < 4.78 is 5.43. The molecule has 28 heavy (non-hydrogen) atoms. The third-order valence-corrected chi connectivity index (χ3v) is 4.69. The second-order valence-electron chi connectivity index (χ2n) is 7.81. The van der Waals surface area contributed by atoms with Gasteiger partial charge in [0.2, 0.25) is 0 Å². The molecular formula is C22H26ClNO4. The van der Waals surface area contributed by atoms with Crippen molar-refractivity contribution < 1.29 is 19.4 Å². The predicted octanol–water partition coefficient (Wildman–Crippen LogP) is 5.23. The zero-order valence-electron chi connectivity index (χ0n) is 16.8. The quantitative estimate of drug-likeness (QED) is 0.668. The summed E-state index contributed by atoms with van der Waals surface area (Å²) in [6.45, 7) is 7.93. The highest BCUT2D eigenvalue weighted by Crippen LogP contribution is 2.31. The number of carbonyl (C=O) groups excluding carboxylic acids is 1. The molecule has 2 rings (SSSR count). The lowest BCUT2D eigenvalue weighted by atomic mass is 9.97. The number of halogens is 1. The zero-order valence-corrected chi connectivity index (χ0v) is 17.6. The Kier molecular flexibility index (Phi) is 6.73. The summed E-state index contributed by atoms with van der Waals surface area (Å²) in [4.78, 5) is 25.8. The van der Waals surface area contributed by atoms with Crippen molar-refractivity contribution in [3.63, 3.8) is 0 Å². The van der Waals surface area contributed by atoms with Gasteiger partial charge in [0, 0.05) is 19.5 Å². The highest BCUT2D eigenvalue weighted by molar-refractivity contribution is 6.34. The third kappa shape index (κ3) is 5.26. The molecule has 0 amide bonds. The first-order valence-corrected chi connectivity index (χ1v) is 9.44. The van der Waals surface area contributed by atoms with Crippen LogP contribution in [-0.2, 0) is 4.74 Å². The summed E-state index contributed by atoms with van der Waals surface area (Å²) in [5, 5.41) is 9.77. The van der Waals surface area contributed by atoms with Gasteiger partial charge in [0.25, 0.3) is 0 Å². The van der Waals surface area contributed by atoms with Gasteiger partial charge in [-0.3, -0.25) is 0 Å². The van der Waals surface area contributed by atoms with Gasteiger partial charge in [-0.05, 0) is 44.5 Å². The maximum Gasteiger partial charge on any atom is 0.340 e. The van der Waals surface area contributed by atoms with E-state index >= 15 is 0 Å². The number of esters is 1. The summed E-state index contributed by atoms with van der Waals surface area (Å²) in [5.74, 6) is -1.47. The number of hydrogen-bond acceptors (Lipinski definition) is 4. The van der Waals surface area contributed by atoms with E-state index < -0.39 is 17.5 Å². The number of nitrogens with zero attached hydrogens (tertiary/aromatic N) is 1. The molecule has 1 atom stereocenters. The average molecular weight is 404 g/mol. The van der Waals surface area contributed by atoms with E-state index in [1.54, 1.807) is 57.2 Å². The minimum Gasteiger partial charge on any atom is -0.478 e. The highest BCUT2D eigenvalue weighted by Gasteiger charge is 2.23. The fourth-order valence-corrected chi connectivity index (χ4v) is 3.41. The number of ether oxygens (including phenoxy) is 1. The maximum absolute atomic E-state index is 12.4. The molecule has 0 saturated heterocycles. The molecule has 0 aliphatic rings. The molecule has 1 unspecified atom stereocenters. The SMILES string of the molecule is CC(CN(C)c1ccccc1C(=O)O)c1cccc(C(=O)OC(C)(C)C)c1Cl. The first-order chi connectivity index (χ1) is 13.0. The van der Waals surface area contributed by atoms with E-state index in [1.807, 2.05) is 24.9 Å². The van der Waals surface area contributed by atoms with Crippen molar-refractivity contribution in [2.45, 2.75) is 39.2 Å². The molecule has 0 aliphatic carbocycles. The van der Waals surface area contributed by atoms with Crippen LogP contribution in [0.15, 0.2) is 42.5 Å².